The standard InChI is InChI=1S/C11H19NO2/c1-11(10(13)14-2)7-9(5-6-12-11)8-3-4-8/h8-9,12H,3-7H2,1-2H3. The lowest BCUT2D eigenvalue weighted by molar-refractivity contribution is -0.149. The zero-order valence-corrected chi connectivity index (χ0v) is 9.01. The van der Waals surface area contributed by atoms with Crippen molar-refractivity contribution in [2.24, 2.45) is 11.8 Å². The van der Waals surface area contributed by atoms with Gasteiger partial charge < -0.3 is 10.1 Å². The highest BCUT2D eigenvalue weighted by Crippen LogP contribution is 2.43. The molecule has 2 rings (SSSR count). The van der Waals surface area contributed by atoms with E-state index >= 15 is 0 Å². The van der Waals surface area contributed by atoms with Crippen molar-refractivity contribution in [1.82, 2.24) is 5.32 Å². The molecule has 0 spiro atoms. The van der Waals surface area contributed by atoms with Crippen LogP contribution >= 0.6 is 0 Å². The summed E-state index contributed by atoms with van der Waals surface area (Å²) in [5.41, 5.74) is -0.430. The van der Waals surface area contributed by atoms with E-state index in [9.17, 15) is 4.79 Å². The van der Waals surface area contributed by atoms with Crippen LogP contribution in [-0.4, -0.2) is 25.2 Å². The van der Waals surface area contributed by atoms with Crippen molar-refractivity contribution in [3.05, 3.63) is 0 Å². The molecule has 3 nitrogen and oxygen atoms in total. The molecule has 2 atom stereocenters. The minimum absolute atomic E-state index is 0.108. The number of esters is 1. The molecular formula is C11H19NO2. The number of nitrogens with one attached hydrogen (secondary N) is 1. The first-order valence-electron chi connectivity index (χ1n) is 5.49. The Bertz CT molecular complexity index is 237. The lowest BCUT2D eigenvalue weighted by atomic mass is 9.80. The summed E-state index contributed by atoms with van der Waals surface area (Å²) in [4.78, 5) is 11.6. The number of rotatable bonds is 2. The summed E-state index contributed by atoms with van der Waals surface area (Å²) in [5.74, 6) is 1.52. The van der Waals surface area contributed by atoms with Gasteiger partial charge in [-0.15, -0.1) is 0 Å². The molecule has 0 aromatic heterocycles. The van der Waals surface area contributed by atoms with Crippen molar-refractivity contribution >= 4 is 5.97 Å². The van der Waals surface area contributed by atoms with Crippen molar-refractivity contribution < 1.29 is 9.53 Å². The van der Waals surface area contributed by atoms with E-state index in [0.717, 1.165) is 24.8 Å². The van der Waals surface area contributed by atoms with Gasteiger partial charge in [0.15, 0.2) is 0 Å². The predicted molar refractivity (Wildman–Crippen MR) is 53.9 cm³/mol. The molecule has 1 saturated heterocycles. The maximum Gasteiger partial charge on any atom is 0.325 e. The molecule has 0 aromatic rings. The smallest absolute Gasteiger partial charge is 0.325 e. The lowest BCUT2D eigenvalue weighted by Crippen LogP contribution is -2.55. The minimum Gasteiger partial charge on any atom is -0.468 e. The van der Waals surface area contributed by atoms with Crippen molar-refractivity contribution in [2.75, 3.05) is 13.7 Å². The van der Waals surface area contributed by atoms with Gasteiger partial charge in [0.2, 0.25) is 0 Å². The first-order valence-corrected chi connectivity index (χ1v) is 5.49. The van der Waals surface area contributed by atoms with Gasteiger partial charge in [-0.2, -0.15) is 0 Å². The highest BCUT2D eigenvalue weighted by Gasteiger charge is 2.43. The van der Waals surface area contributed by atoms with Crippen LogP contribution in [0.2, 0.25) is 0 Å². The molecule has 14 heavy (non-hydrogen) atoms. The largest absolute Gasteiger partial charge is 0.468 e. The summed E-state index contributed by atoms with van der Waals surface area (Å²) >= 11 is 0. The number of piperidine rings is 1. The second-order valence-corrected chi connectivity index (χ2v) is 4.84. The highest BCUT2D eigenvalue weighted by atomic mass is 16.5. The summed E-state index contributed by atoms with van der Waals surface area (Å²) < 4.78 is 4.84. The third-order valence-corrected chi connectivity index (χ3v) is 3.63. The Morgan fingerprint density at radius 3 is 2.64 bits per heavy atom. The van der Waals surface area contributed by atoms with Gasteiger partial charge in [0.25, 0.3) is 0 Å². The average Bonchev–Trinajstić information content (AvgIpc) is 3.00. The molecule has 0 bridgehead atoms. The topological polar surface area (TPSA) is 38.3 Å². The fraction of sp³-hybridized carbons (Fsp3) is 0.909. The first kappa shape index (κ1) is 9.97. The molecule has 0 aromatic carbocycles. The Kier molecular flexibility index (Phi) is 2.52. The van der Waals surface area contributed by atoms with Crippen LogP contribution in [0.3, 0.4) is 0 Å². The van der Waals surface area contributed by atoms with E-state index in [0.29, 0.717) is 0 Å². The van der Waals surface area contributed by atoms with Crippen LogP contribution in [0.1, 0.15) is 32.6 Å². The van der Waals surface area contributed by atoms with Crippen LogP contribution in [0.5, 0.6) is 0 Å². The van der Waals surface area contributed by atoms with Crippen molar-refractivity contribution in [3.63, 3.8) is 0 Å². The molecule has 80 valence electrons. The molecule has 1 heterocycles. The number of ether oxygens (including phenoxy) is 1. The van der Waals surface area contributed by atoms with E-state index in [-0.39, 0.29) is 5.97 Å². The number of methoxy groups -OCH3 is 1. The Labute approximate surface area is 85.2 Å². The van der Waals surface area contributed by atoms with Gasteiger partial charge in [-0.1, -0.05) is 0 Å². The van der Waals surface area contributed by atoms with E-state index in [1.165, 1.54) is 26.4 Å². The van der Waals surface area contributed by atoms with E-state index in [4.69, 9.17) is 4.74 Å². The molecule has 2 unspecified atom stereocenters. The summed E-state index contributed by atoms with van der Waals surface area (Å²) in [7, 11) is 1.47. The zero-order chi connectivity index (χ0) is 10.2. The lowest BCUT2D eigenvalue weighted by Gasteiger charge is -2.37. The second kappa shape index (κ2) is 3.54. The van der Waals surface area contributed by atoms with Crippen LogP contribution in [0.15, 0.2) is 0 Å². The molecule has 0 amide bonds. The summed E-state index contributed by atoms with van der Waals surface area (Å²) in [6, 6.07) is 0. The van der Waals surface area contributed by atoms with E-state index in [1.807, 2.05) is 6.92 Å². The Morgan fingerprint density at radius 1 is 1.36 bits per heavy atom. The normalized spacial score (nSPS) is 38.0. The maximum atomic E-state index is 11.6. The van der Waals surface area contributed by atoms with Gasteiger partial charge in [-0.05, 0) is 51.0 Å². The molecule has 3 heteroatoms. The monoisotopic (exact) mass is 197 g/mol. The molecule has 1 aliphatic carbocycles. The predicted octanol–water partition coefficient (Wildman–Crippen LogP) is 1.33. The zero-order valence-electron chi connectivity index (χ0n) is 9.01. The van der Waals surface area contributed by atoms with Crippen LogP contribution < -0.4 is 5.32 Å². The number of carbonyl (C=O) groups excluding carboxylic acids is 1. The van der Waals surface area contributed by atoms with Gasteiger partial charge in [-0.3, -0.25) is 4.79 Å². The van der Waals surface area contributed by atoms with E-state index in [2.05, 4.69) is 5.32 Å². The fourth-order valence-electron chi connectivity index (χ4n) is 2.58. The van der Waals surface area contributed by atoms with Gasteiger partial charge in [0, 0.05) is 0 Å². The van der Waals surface area contributed by atoms with Gasteiger partial charge in [0.05, 0.1) is 7.11 Å². The molecule has 1 N–H and O–H groups in total. The second-order valence-electron chi connectivity index (χ2n) is 4.84. The van der Waals surface area contributed by atoms with Gasteiger partial charge in [-0.25, -0.2) is 0 Å². The van der Waals surface area contributed by atoms with Crippen molar-refractivity contribution in [2.45, 2.75) is 38.1 Å². The third kappa shape index (κ3) is 1.78. The first-order chi connectivity index (χ1) is 6.65. The van der Waals surface area contributed by atoms with E-state index in [1.54, 1.807) is 0 Å². The van der Waals surface area contributed by atoms with Crippen molar-refractivity contribution in [3.8, 4) is 0 Å². The Balaban J connectivity index is 2.00. The molecule has 1 saturated carbocycles. The summed E-state index contributed by atoms with van der Waals surface area (Å²) in [6.07, 6.45) is 4.89. The summed E-state index contributed by atoms with van der Waals surface area (Å²) in [6.45, 7) is 2.92. The van der Waals surface area contributed by atoms with Crippen LogP contribution in [-0.2, 0) is 9.53 Å². The number of hydrogen-bond donors (Lipinski definition) is 1. The van der Waals surface area contributed by atoms with Gasteiger partial charge >= 0.3 is 5.97 Å². The Hall–Kier alpha value is -0.570. The quantitative estimate of drug-likeness (QED) is 0.679. The Morgan fingerprint density at radius 2 is 2.07 bits per heavy atom. The highest BCUT2D eigenvalue weighted by molar-refractivity contribution is 5.80. The van der Waals surface area contributed by atoms with E-state index < -0.39 is 5.54 Å². The van der Waals surface area contributed by atoms with Crippen LogP contribution in [0.4, 0.5) is 0 Å². The number of hydrogen-bond acceptors (Lipinski definition) is 3. The maximum absolute atomic E-state index is 11.6. The van der Waals surface area contributed by atoms with Crippen LogP contribution in [0.25, 0.3) is 0 Å². The van der Waals surface area contributed by atoms with Gasteiger partial charge in [0.1, 0.15) is 5.54 Å². The summed E-state index contributed by atoms with van der Waals surface area (Å²) in [5, 5.41) is 3.28. The molecule has 0 radical (unpaired) electrons. The molecule has 2 aliphatic rings. The molecule has 2 fully saturated rings. The minimum atomic E-state index is -0.430. The SMILES string of the molecule is COC(=O)C1(C)CC(C2CC2)CCN1. The van der Waals surface area contributed by atoms with Crippen molar-refractivity contribution in [1.29, 1.82) is 0 Å². The molecule has 1 aliphatic heterocycles. The van der Waals surface area contributed by atoms with Crippen LogP contribution in [0, 0.1) is 11.8 Å². The fourth-order valence-corrected chi connectivity index (χ4v) is 2.58. The average molecular weight is 197 g/mol. The molecular weight excluding hydrogens is 178 g/mol. The third-order valence-electron chi connectivity index (χ3n) is 3.63. The number of carbonyl (C=O) groups is 1.